The summed E-state index contributed by atoms with van der Waals surface area (Å²) >= 11 is 7.36. The van der Waals surface area contributed by atoms with Gasteiger partial charge in [0.2, 0.25) is 0 Å². The molecule has 2 N–H and O–H groups in total. The minimum absolute atomic E-state index is 0.0239. The predicted octanol–water partition coefficient (Wildman–Crippen LogP) is 4.67. The normalized spacial score (nSPS) is 11.0. The van der Waals surface area contributed by atoms with Gasteiger partial charge in [-0.25, -0.2) is 4.98 Å². The molecule has 5 aromatic rings. The van der Waals surface area contributed by atoms with Gasteiger partial charge in [-0.3, -0.25) is 9.20 Å². The number of fused-ring (bicyclic) bond motifs is 3. The fraction of sp³-hybridized carbons (Fsp3) is 0.0833. The average Bonchev–Trinajstić information content (AvgIpc) is 3.30. The van der Waals surface area contributed by atoms with Gasteiger partial charge in [-0.05, 0) is 35.4 Å². The minimum atomic E-state index is -0.489. The third-order valence-electron chi connectivity index (χ3n) is 5.28. The Morgan fingerprint density at radius 2 is 2.06 bits per heavy atom. The number of hydrogen-bond donors (Lipinski definition) is 1. The van der Waals surface area contributed by atoms with E-state index >= 15 is 0 Å². The number of nitrogens with zero attached hydrogens (tertiary/aromatic N) is 4. The number of benzene rings is 2. The van der Waals surface area contributed by atoms with Crippen molar-refractivity contribution >= 4 is 44.7 Å². The Morgan fingerprint density at radius 3 is 2.82 bits per heavy atom. The van der Waals surface area contributed by atoms with Crippen molar-refractivity contribution in [3.63, 3.8) is 0 Å². The first-order valence-corrected chi connectivity index (χ1v) is 11.3. The number of nitrogens with two attached hydrogens (primary N) is 1. The van der Waals surface area contributed by atoms with E-state index in [1.54, 1.807) is 40.2 Å². The highest BCUT2D eigenvalue weighted by Gasteiger charge is 2.21. The van der Waals surface area contributed by atoms with Crippen molar-refractivity contribution in [3.05, 3.63) is 80.5 Å². The number of halogens is 1. The maximum atomic E-state index is 13.0. The van der Waals surface area contributed by atoms with Gasteiger partial charge in [0, 0.05) is 22.2 Å². The highest BCUT2D eigenvalue weighted by atomic mass is 35.5. The maximum absolute atomic E-state index is 13.0. The van der Waals surface area contributed by atoms with Crippen LogP contribution in [-0.4, -0.2) is 21.5 Å². The molecule has 0 aliphatic carbocycles. The molecule has 0 aliphatic heterocycles. The molecule has 0 saturated carbocycles. The van der Waals surface area contributed by atoms with Crippen LogP contribution in [-0.2, 0) is 6.61 Å². The summed E-state index contributed by atoms with van der Waals surface area (Å²) in [5.74, 6) is 0.943. The molecule has 8 nitrogen and oxygen atoms in total. The number of pyridine rings is 1. The van der Waals surface area contributed by atoms with E-state index in [-0.39, 0.29) is 23.4 Å². The quantitative estimate of drug-likeness (QED) is 0.381. The highest BCUT2D eigenvalue weighted by Crippen LogP contribution is 2.38. The first-order chi connectivity index (χ1) is 16.5. The lowest BCUT2D eigenvalue weighted by Crippen LogP contribution is -2.13. The maximum Gasteiger partial charge on any atom is 0.284 e. The molecule has 0 fully saturated rings. The third-order valence-corrected chi connectivity index (χ3v) is 6.27. The standard InChI is InChI=1S/C24H16ClN5O3S/c1-32-18-10-14(5-6-17(18)33-12-13-3-2-4-15(25)9-13)19-16(11-26)21(27)28-22-20(19)23(31)29-24-30(22)7-8-34-24/h2-10H,12H2,1H3,(H2,27,28). The summed E-state index contributed by atoms with van der Waals surface area (Å²) in [6, 6.07) is 14.6. The van der Waals surface area contributed by atoms with Crippen molar-refractivity contribution in [2.24, 2.45) is 0 Å². The Morgan fingerprint density at radius 1 is 1.21 bits per heavy atom. The van der Waals surface area contributed by atoms with Crippen LogP contribution in [0.2, 0.25) is 5.02 Å². The van der Waals surface area contributed by atoms with Crippen LogP contribution < -0.4 is 20.8 Å². The van der Waals surface area contributed by atoms with E-state index in [1.165, 1.54) is 18.4 Å². The average molecular weight is 490 g/mol. The monoisotopic (exact) mass is 489 g/mol. The van der Waals surface area contributed by atoms with Gasteiger partial charge in [0.1, 0.15) is 24.1 Å². The molecule has 0 spiro atoms. The van der Waals surface area contributed by atoms with Crippen molar-refractivity contribution in [3.8, 4) is 28.7 Å². The Bertz CT molecular complexity index is 1670. The van der Waals surface area contributed by atoms with E-state index in [9.17, 15) is 10.1 Å². The van der Waals surface area contributed by atoms with Crippen molar-refractivity contribution in [2.75, 3.05) is 12.8 Å². The Balaban J connectivity index is 1.66. The van der Waals surface area contributed by atoms with Crippen LogP contribution in [0, 0.1) is 11.3 Å². The molecule has 0 saturated heterocycles. The number of ether oxygens (including phenoxy) is 2. The van der Waals surface area contributed by atoms with E-state index < -0.39 is 5.56 Å². The van der Waals surface area contributed by atoms with Crippen LogP contribution in [0.5, 0.6) is 11.5 Å². The minimum Gasteiger partial charge on any atom is -0.493 e. The number of rotatable bonds is 5. The first-order valence-electron chi connectivity index (χ1n) is 10.0. The fourth-order valence-corrected chi connectivity index (χ4v) is 4.67. The molecule has 3 heterocycles. The smallest absolute Gasteiger partial charge is 0.284 e. The largest absolute Gasteiger partial charge is 0.493 e. The van der Waals surface area contributed by atoms with E-state index in [2.05, 4.69) is 16.0 Å². The summed E-state index contributed by atoms with van der Waals surface area (Å²) in [7, 11) is 1.51. The third kappa shape index (κ3) is 3.69. The summed E-state index contributed by atoms with van der Waals surface area (Å²) in [5, 5.41) is 12.5. The molecule has 0 unspecified atom stereocenters. The first kappa shape index (κ1) is 21.7. The lowest BCUT2D eigenvalue weighted by molar-refractivity contribution is 0.284. The van der Waals surface area contributed by atoms with Gasteiger partial charge in [-0.1, -0.05) is 29.8 Å². The summed E-state index contributed by atoms with van der Waals surface area (Å²) in [6.07, 6.45) is 1.75. The summed E-state index contributed by atoms with van der Waals surface area (Å²) in [5.41, 5.74) is 7.88. The molecule has 0 amide bonds. The lowest BCUT2D eigenvalue weighted by atomic mass is 9.97. The van der Waals surface area contributed by atoms with E-state index in [4.69, 9.17) is 26.8 Å². The molecular formula is C24H16ClN5O3S. The Labute approximate surface area is 202 Å². The van der Waals surface area contributed by atoms with Crippen molar-refractivity contribution in [2.45, 2.75) is 6.61 Å². The van der Waals surface area contributed by atoms with Crippen LogP contribution in [0.3, 0.4) is 0 Å². The topological polar surface area (TPSA) is 116 Å². The van der Waals surface area contributed by atoms with Crippen molar-refractivity contribution in [1.29, 1.82) is 5.26 Å². The van der Waals surface area contributed by atoms with Crippen molar-refractivity contribution < 1.29 is 9.47 Å². The van der Waals surface area contributed by atoms with Gasteiger partial charge in [0.15, 0.2) is 22.1 Å². The van der Waals surface area contributed by atoms with Gasteiger partial charge in [0.05, 0.1) is 12.5 Å². The number of aromatic nitrogens is 3. The molecule has 0 aliphatic rings. The second-order valence-electron chi connectivity index (χ2n) is 7.31. The van der Waals surface area contributed by atoms with E-state index in [1.807, 2.05) is 18.2 Å². The molecule has 34 heavy (non-hydrogen) atoms. The Kier molecular flexibility index (Phi) is 5.53. The molecular weight excluding hydrogens is 474 g/mol. The van der Waals surface area contributed by atoms with Crippen LogP contribution in [0.25, 0.3) is 27.1 Å². The van der Waals surface area contributed by atoms with E-state index in [0.717, 1.165) is 5.56 Å². The zero-order chi connectivity index (χ0) is 23.8. The SMILES string of the molecule is COc1cc(-c2c(C#N)c(N)nc3c2c(=O)nc2sccn23)ccc1OCc1cccc(Cl)c1. The molecule has 168 valence electrons. The number of thiazole rings is 1. The Hall–Kier alpha value is -4.13. The van der Waals surface area contributed by atoms with Crippen LogP contribution >= 0.6 is 22.9 Å². The predicted molar refractivity (Wildman–Crippen MR) is 132 cm³/mol. The second kappa shape index (κ2) is 8.67. The number of hydrogen-bond acceptors (Lipinski definition) is 8. The molecule has 0 bridgehead atoms. The molecule has 10 heteroatoms. The summed E-state index contributed by atoms with van der Waals surface area (Å²) in [6.45, 7) is 0.284. The highest BCUT2D eigenvalue weighted by molar-refractivity contribution is 7.15. The van der Waals surface area contributed by atoms with Crippen LogP contribution in [0.1, 0.15) is 11.1 Å². The van der Waals surface area contributed by atoms with Gasteiger partial charge in [-0.15, -0.1) is 11.3 Å². The molecule has 2 aromatic carbocycles. The fourth-order valence-electron chi connectivity index (χ4n) is 3.76. The van der Waals surface area contributed by atoms with Gasteiger partial charge < -0.3 is 15.2 Å². The number of methoxy groups -OCH3 is 1. The molecule has 5 rings (SSSR count). The molecule has 0 atom stereocenters. The zero-order valence-corrected chi connectivity index (χ0v) is 19.4. The zero-order valence-electron chi connectivity index (χ0n) is 17.8. The van der Waals surface area contributed by atoms with Crippen molar-refractivity contribution in [1.82, 2.24) is 14.4 Å². The lowest BCUT2D eigenvalue weighted by Gasteiger charge is -2.15. The van der Waals surface area contributed by atoms with Gasteiger partial charge in [0.25, 0.3) is 5.56 Å². The molecule has 3 aromatic heterocycles. The number of anilines is 1. The van der Waals surface area contributed by atoms with Crippen LogP contribution in [0.4, 0.5) is 5.82 Å². The summed E-state index contributed by atoms with van der Waals surface area (Å²) < 4.78 is 13.2. The van der Waals surface area contributed by atoms with Gasteiger partial charge in [-0.2, -0.15) is 10.2 Å². The molecule has 0 radical (unpaired) electrons. The van der Waals surface area contributed by atoms with Gasteiger partial charge >= 0.3 is 0 Å². The van der Waals surface area contributed by atoms with Crippen LogP contribution in [0.15, 0.2) is 58.8 Å². The second-order valence-corrected chi connectivity index (χ2v) is 8.62. The summed E-state index contributed by atoms with van der Waals surface area (Å²) in [4.78, 5) is 22.0. The van der Waals surface area contributed by atoms with E-state index in [0.29, 0.717) is 38.3 Å². The number of nitrogen functional groups attached to an aromatic ring is 1. The number of nitriles is 1.